The van der Waals surface area contributed by atoms with E-state index in [9.17, 15) is 5.11 Å². The molecule has 5 N–H and O–H groups in total. The normalized spacial score (nSPS) is 14.6. The lowest BCUT2D eigenvalue weighted by Crippen LogP contribution is -2.19. The van der Waals surface area contributed by atoms with Gasteiger partial charge in [0.05, 0.1) is 18.0 Å². The van der Waals surface area contributed by atoms with E-state index >= 15 is 0 Å². The summed E-state index contributed by atoms with van der Waals surface area (Å²) in [5, 5.41) is 26.7. The summed E-state index contributed by atoms with van der Waals surface area (Å²) in [6.45, 7) is 1.77. The lowest BCUT2D eigenvalue weighted by atomic mass is 10.0. The van der Waals surface area contributed by atoms with Crippen molar-refractivity contribution in [2.75, 3.05) is 22.6 Å². The highest BCUT2D eigenvalue weighted by Crippen LogP contribution is 2.36. The predicted octanol–water partition coefficient (Wildman–Crippen LogP) is 1.32. The van der Waals surface area contributed by atoms with Gasteiger partial charge >= 0.3 is 0 Å². The van der Waals surface area contributed by atoms with Gasteiger partial charge in [-0.15, -0.1) is 0 Å². The molecule has 1 aliphatic heterocycles. The Balaban J connectivity index is 1.63. The molecule has 4 rings (SSSR count). The second-order valence-corrected chi connectivity index (χ2v) is 6.43. The Labute approximate surface area is 160 Å². The average molecular weight is 378 g/mol. The minimum absolute atomic E-state index is 0.202. The molecule has 28 heavy (non-hydrogen) atoms. The highest BCUT2D eigenvalue weighted by Gasteiger charge is 2.25. The zero-order valence-electron chi connectivity index (χ0n) is 15.0. The van der Waals surface area contributed by atoms with Gasteiger partial charge < -0.3 is 30.7 Å². The molecule has 2 aromatic heterocycles. The number of anilines is 4. The van der Waals surface area contributed by atoms with Gasteiger partial charge in [0.2, 0.25) is 5.95 Å². The molecule has 0 fully saturated rings. The zero-order chi connectivity index (χ0) is 19.7. The molecule has 0 bridgehead atoms. The molecule has 9 nitrogen and oxygen atoms in total. The molecular weight excluding hydrogens is 360 g/mol. The Morgan fingerprint density at radius 2 is 2.21 bits per heavy atom. The molecule has 3 heterocycles. The Hall–Kier alpha value is -3.61. The van der Waals surface area contributed by atoms with Crippen LogP contribution in [0, 0.1) is 11.8 Å². The van der Waals surface area contributed by atoms with Crippen molar-refractivity contribution in [3.63, 3.8) is 0 Å². The highest BCUT2D eigenvalue weighted by atomic mass is 16.5. The largest absolute Gasteiger partial charge is 0.388 e. The molecule has 0 aliphatic carbocycles. The van der Waals surface area contributed by atoms with E-state index in [0.717, 1.165) is 11.4 Å². The van der Waals surface area contributed by atoms with Crippen LogP contribution in [0.1, 0.15) is 23.9 Å². The summed E-state index contributed by atoms with van der Waals surface area (Å²) < 4.78 is 4.92. The molecule has 1 unspecified atom stereocenters. The first kappa shape index (κ1) is 17.8. The maximum Gasteiger partial charge on any atom is 0.221 e. The summed E-state index contributed by atoms with van der Waals surface area (Å²) in [5.41, 5.74) is 6.96. The van der Waals surface area contributed by atoms with Crippen molar-refractivity contribution < 1.29 is 14.7 Å². The van der Waals surface area contributed by atoms with Crippen molar-refractivity contribution in [2.24, 2.45) is 0 Å². The quantitative estimate of drug-likeness (QED) is 0.498. The van der Waals surface area contributed by atoms with E-state index in [0.29, 0.717) is 18.1 Å². The third-order valence-electron chi connectivity index (χ3n) is 4.32. The molecule has 142 valence electrons. The standard InChI is InChI=1S/C19H18N6O3/c1-19(27,16-9-13(10-26)28-24-16)6-4-12-2-3-14-15(8-12)25(11-22-14)17-5-7-21-18(20)23-17/h2-3,5,7-9,22,26-27H,10-11H2,1H3,(H2,20,21,23). The Morgan fingerprint density at radius 1 is 1.36 bits per heavy atom. The van der Waals surface area contributed by atoms with Crippen LogP contribution < -0.4 is 16.0 Å². The number of nitrogens with zero attached hydrogens (tertiary/aromatic N) is 4. The molecule has 3 aromatic rings. The second-order valence-electron chi connectivity index (χ2n) is 6.43. The zero-order valence-corrected chi connectivity index (χ0v) is 15.0. The lowest BCUT2D eigenvalue weighted by molar-refractivity contribution is 0.112. The summed E-state index contributed by atoms with van der Waals surface area (Å²) >= 11 is 0. The summed E-state index contributed by atoms with van der Waals surface area (Å²) in [4.78, 5) is 10.1. The molecule has 0 saturated carbocycles. The van der Waals surface area contributed by atoms with Crippen LogP contribution in [0.2, 0.25) is 0 Å². The smallest absolute Gasteiger partial charge is 0.221 e. The second kappa shape index (κ2) is 6.84. The van der Waals surface area contributed by atoms with Gasteiger partial charge in [0.1, 0.15) is 18.1 Å². The topological polar surface area (TPSA) is 134 Å². The molecule has 0 spiro atoms. The Morgan fingerprint density at radius 3 is 2.96 bits per heavy atom. The van der Waals surface area contributed by atoms with Gasteiger partial charge in [-0.05, 0) is 31.2 Å². The van der Waals surface area contributed by atoms with Crippen molar-refractivity contribution in [3.05, 3.63) is 53.5 Å². The van der Waals surface area contributed by atoms with Crippen molar-refractivity contribution >= 4 is 23.1 Å². The molecule has 9 heteroatoms. The maximum absolute atomic E-state index is 10.6. The number of aliphatic hydroxyl groups excluding tert-OH is 1. The van der Waals surface area contributed by atoms with E-state index in [1.807, 2.05) is 23.1 Å². The van der Waals surface area contributed by atoms with Gasteiger partial charge in [-0.25, -0.2) is 4.98 Å². The number of hydrogen-bond acceptors (Lipinski definition) is 9. The number of nitrogens with one attached hydrogen (secondary N) is 1. The summed E-state index contributed by atoms with van der Waals surface area (Å²) in [6, 6.07) is 8.92. The molecule has 1 atom stereocenters. The van der Waals surface area contributed by atoms with Crippen LogP contribution in [-0.2, 0) is 12.2 Å². The first-order valence-electron chi connectivity index (χ1n) is 8.53. The SMILES string of the molecule is CC(O)(C#Cc1ccc2c(c1)N(c1ccnc(N)n1)CN2)c1cc(CO)on1. The van der Waals surface area contributed by atoms with Crippen LogP contribution in [0.15, 0.2) is 41.1 Å². The van der Waals surface area contributed by atoms with Gasteiger partial charge in [0.25, 0.3) is 0 Å². The van der Waals surface area contributed by atoms with E-state index in [1.54, 1.807) is 12.3 Å². The van der Waals surface area contributed by atoms with Crippen molar-refractivity contribution in [3.8, 4) is 11.8 Å². The van der Waals surface area contributed by atoms with Crippen LogP contribution in [0.25, 0.3) is 0 Å². The van der Waals surface area contributed by atoms with Gasteiger partial charge in [-0.1, -0.05) is 17.0 Å². The third-order valence-corrected chi connectivity index (χ3v) is 4.32. The first-order chi connectivity index (χ1) is 13.5. The molecule has 0 saturated heterocycles. The average Bonchev–Trinajstić information content (AvgIpc) is 3.33. The van der Waals surface area contributed by atoms with Crippen molar-refractivity contribution in [2.45, 2.75) is 19.1 Å². The van der Waals surface area contributed by atoms with Gasteiger partial charge in [-0.3, -0.25) is 0 Å². The van der Waals surface area contributed by atoms with E-state index < -0.39 is 5.60 Å². The van der Waals surface area contributed by atoms with Crippen LogP contribution in [0.3, 0.4) is 0 Å². The van der Waals surface area contributed by atoms with Crippen LogP contribution >= 0.6 is 0 Å². The maximum atomic E-state index is 10.6. The van der Waals surface area contributed by atoms with Gasteiger partial charge in [-0.2, -0.15) is 4.98 Å². The van der Waals surface area contributed by atoms with E-state index in [1.165, 1.54) is 13.0 Å². The highest BCUT2D eigenvalue weighted by molar-refractivity contribution is 5.81. The first-order valence-corrected chi connectivity index (χ1v) is 8.53. The van der Waals surface area contributed by atoms with Crippen molar-refractivity contribution in [1.82, 2.24) is 15.1 Å². The van der Waals surface area contributed by atoms with Gasteiger partial charge in [0, 0.05) is 17.8 Å². The fraction of sp³-hybridized carbons (Fsp3) is 0.211. The molecule has 1 aromatic carbocycles. The number of hydrogen-bond donors (Lipinski definition) is 4. The number of aliphatic hydroxyl groups is 2. The Bertz CT molecular complexity index is 1080. The van der Waals surface area contributed by atoms with Crippen LogP contribution in [0.5, 0.6) is 0 Å². The molecule has 0 radical (unpaired) electrons. The summed E-state index contributed by atoms with van der Waals surface area (Å²) in [6.07, 6.45) is 1.61. The number of nitrogens with two attached hydrogens (primary N) is 1. The third kappa shape index (κ3) is 3.34. The number of aromatic nitrogens is 3. The minimum atomic E-state index is -1.52. The molecular formula is C19H18N6O3. The number of fused-ring (bicyclic) bond motifs is 1. The Kier molecular flexibility index (Phi) is 4.35. The number of benzene rings is 1. The lowest BCUT2D eigenvalue weighted by Gasteiger charge is -2.17. The van der Waals surface area contributed by atoms with Crippen LogP contribution in [0.4, 0.5) is 23.1 Å². The van der Waals surface area contributed by atoms with Crippen molar-refractivity contribution in [1.29, 1.82) is 0 Å². The molecule has 0 amide bonds. The van der Waals surface area contributed by atoms with E-state index in [-0.39, 0.29) is 24.0 Å². The summed E-state index contributed by atoms with van der Waals surface area (Å²) in [5.74, 6) is 6.91. The van der Waals surface area contributed by atoms with Crippen LogP contribution in [-0.4, -0.2) is 32.0 Å². The predicted molar refractivity (Wildman–Crippen MR) is 102 cm³/mol. The minimum Gasteiger partial charge on any atom is -0.388 e. The fourth-order valence-corrected chi connectivity index (χ4v) is 2.82. The number of nitrogen functional groups attached to an aromatic ring is 1. The van der Waals surface area contributed by atoms with Gasteiger partial charge in [0.15, 0.2) is 11.4 Å². The fourth-order valence-electron chi connectivity index (χ4n) is 2.82. The monoisotopic (exact) mass is 378 g/mol. The number of rotatable bonds is 3. The van der Waals surface area contributed by atoms with E-state index in [2.05, 4.69) is 32.3 Å². The van der Waals surface area contributed by atoms with E-state index in [4.69, 9.17) is 15.4 Å². The molecule has 1 aliphatic rings. The summed E-state index contributed by atoms with van der Waals surface area (Å²) in [7, 11) is 0.